The van der Waals surface area contributed by atoms with Crippen LogP contribution in [0.15, 0.2) is 48.5 Å². The number of hydrogen-bond acceptors (Lipinski definition) is 3. The van der Waals surface area contributed by atoms with E-state index in [0.717, 1.165) is 5.56 Å². The van der Waals surface area contributed by atoms with Gasteiger partial charge in [-0.25, -0.2) is 0 Å². The molecule has 0 amide bonds. The maximum absolute atomic E-state index is 9.87. The van der Waals surface area contributed by atoms with E-state index in [9.17, 15) is 10.2 Å². The standard InChI is InChI=1S/C19H22O3/c1-12-18(13-6-4-3-5-7-13)15(11-20)19(12)14-8-9-16(21)17(10-14)22-2/h3-10,12,15,18-21H,11H2,1-2H3/t12-,15+,18?,19-/m0/s1. The molecule has 3 heteroatoms. The molecule has 3 nitrogen and oxygen atoms in total. The van der Waals surface area contributed by atoms with Crippen molar-refractivity contribution < 1.29 is 14.9 Å². The van der Waals surface area contributed by atoms with Crippen molar-refractivity contribution in [1.29, 1.82) is 0 Å². The van der Waals surface area contributed by atoms with Gasteiger partial charge in [0.15, 0.2) is 11.5 Å². The minimum absolute atomic E-state index is 0.151. The number of aliphatic hydroxyl groups excluding tert-OH is 1. The van der Waals surface area contributed by atoms with Crippen LogP contribution in [0.3, 0.4) is 0 Å². The van der Waals surface area contributed by atoms with E-state index in [1.54, 1.807) is 13.2 Å². The van der Waals surface area contributed by atoms with Crippen LogP contribution in [0.25, 0.3) is 0 Å². The maximum atomic E-state index is 9.87. The second kappa shape index (κ2) is 6.01. The van der Waals surface area contributed by atoms with Crippen LogP contribution in [-0.4, -0.2) is 23.9 Å². The molecule has 0 aromatic heterocycles. The second-order valence-electron chi connectivity index (χ2n) is 6.10. The summed E-state index contributed by atoms with van der Waals surface area (Å²) in [4.78, 5) is 0. The van der Waals surface area contributed by atoms with Gasteiger partial charge in [0.2, 0.25) is 0 Å². The maximum Gasteiger partial charge on any atom is 0.160 e. The molecule has 4 atom stereocenters. The Bertz CT molecular complexity index is 638. The minimum Gasteiger partial charge on any atom is -0.504 e. The van der Waals surface area contributed by atoms with Crippen LogP contribution in [0.4, 0.5) is 0 Å². The van der Waals surface area contributed by atoms with Crippen molar-refractivity contribution in [1.82, 2.24) is 0 Å². The van der Waals surface area contributed by atoms with Gasteiger partial charge in [-0.15, -0.1) is 0 Å². The van der Waals surface area contributed by atoms with Crippen LogP contribution in [0, 0.1) is 11.8 Å². The van der Waals surface area contributed by atoms with Gasteiger partial charge in [0.05, 0.1) is 7.11 Å². The number of rotatable bonds is 4. The predicted molar refractivity (Wildman–Crippen MR) is 86.3 cm³/mol. The van der Waals surface area contributed by atoms with Crippen LogP contribution in [0.2, 0.25) is 0 Å². The number of phenols is 1. The quantitative estimate of drug-likeness (QED) is 0.908. The number of aliphatic hydroxyl groups is 1. The summed E-state index contributed by atoms with van der Waals surface area (Å²) in [7, 11) is 1.55. The van der Waals surface area contributed by atoms with Gasteiger partial charge in [-0.2, -0.15) is 0 Å². The Hall–Kier alpha value is -2.00. The summed E-state index contributed by atoms with van der Waals surface area (Å²) >= 11 is 0. The normalized spacial score (nSPS) is 27.2. The smallest absolute Gasteiger partial charge is 0.160 e. The Morgan fingerprint density at radius 2 is 1.68 bits per heavy atom. The summed E-state index contributed by atoms with van der Waals surface area (Å²) in [5.41, 5.74) is 2.41. The highest BCUT2D eigenvalue weighted by Gasteiger charge is 2.48. The lowest BCUT2D eigenvalue weighted by Gasteiger charge is -2.51. The first kappa shape index (κ1) is 14.9. The third-order valence-electron chi connectivity index (χ3n) is 5.04. The molecular formula is C19H22O3. The highest BCUT2D eigenvalue weighted by Crippen LogP contribution is 2.57. The zero-order chi connectivity index (χ0) is 15.7. The third-order valence-corrected chi connectivity index (χ3v) is 5.04. The van der Waals surface area contributed by atoms with Crippen LogP contribution in [0.5, 0.6) is 11.5 Å². The van der Waals surface area contributed by atoms with E-state index in [1.807, 2.05) is 30.3 Å². The van der Waals surface area contributed by atoms with Crippen LogP contribution < -0.4 is 4.74 Å². The largest absolute Gasteiger partial charge is 0.504 e. The highest BCUT2D eigenvalue weighted by atomic mass is 16.5. The fourth-order valence-corrected chi connectivity index (χ4v) is 3.99. The molecule has 3 rings (SSSR count). The first-order valence-corrected chi connectivity index (χ1v) is 7.70. The molecule has 0 bridgehead atoms. The molecule has 1 fully saturated rings. The van der Waals surface area contributed by atoms with Crippen molar-refractivity contribution >= 4 is 0 Å². The van der Waals surface area contributed by atoms with Crippen molar-refractivity contribution in [3.8, 4) is 11.5 Å². The summed E-state index contributed by atoms with van der Waals surface area (Å²) in [5, 5.41) is 19.6. The molecule has 0 aliphatic heterocycles. The fraction of sp³-hybridized carbons (Fsp3) is 0.368. The van der Waals surface area contributed by atoms with Gasteiger partial charge in [0, 0.05) is 6.61 Å². The number of ether oxygens (including phenoxy) is 1. The summed E-state index contributed by atoms with van der Waals surface area (Å²) in [5.74, 6) is 1.93. The first-order chi connectivity index (χ1) is 10.7. The Morgan fingerprint density at radius 1 is 1.00 bits per heavy atom. The highest BCUT2D eigenvalue weighted by molar-refractivity contribution is 5.45. The Kier molecular flexibility index (Phi) is 4.08. The monoisotopic (exact) mass is 298 g/mol. The number of hydrogen-bond donors (Lipinski definition) is 2. The van der Waals surface area contributed by atoms with Gasteiger partial charge in [-0.3, -0.25) is 0 Å². The Labute approximate surface area is 131 Å². The van der Waals surface area contributed by atoms with E-state index in [-0.39, 0.29) is 24.2 Å². The van der Waals surface area contributed by atoms with E-state index in [0.29, 0.717) is 17.6 Å². The van der Waals surface area contributed by atoms with Crippen molar-refractivity contribution in [3.05, 3.63) is 59.7 Å². The van der Waals surface area contributed by atoms with Crippen LogP contribution in [0.1, 0.15) is 29.9 Å². The van der Waals surface area contributed by atoms with E-state index < -0.39 is 0 Å². The Balaban J connectivity index is 1.90. The molecule has 22 heavy (non-hydrogen) atoms. The van der Waals surface area contributed by atoms with Gasteiger partial charge >= 0.3 is 0 Å². The molecule has 1 saturated carbocycles. The molecule has 2 N–H and O–H groups in total. The lowest BCUT2D eigenvalue weighted by molar-refractivity contribution is 0.0494. The zero-order valence-corrected chi connectivity index (χ0v) is 12.9. The van der Waals surface area contributed by atoms with Crippen LogP contribution in [-0.2, 0) is 0 Å². The summed E-state index contributed by atoms with van der Waals surface area (Å²) in [6.07, 6.45) is 0. The SMILES string of the molecule is COc1cc([C@H]2[C@H](CO)C(c3ccccc3)[C@@H]2C)ccc1O. The van der Waals surface area contributed by atoms with Crippen molar-refractivity contribution in [2.45, 2.75) is 18.8 Å². The average Bonchev–Trinajstić information content (AvgIpc) is 2.55. The van der Waals surface area contributed by atoms with Crippen molar-refractivity contribution in [2.75, 3.05) is 13.7 Å². The molecule has 2 aromatic rings. The van der Waals surface area contributed by atoms with Crippen LogP contribution >= 0.6 is 0 Å². The van der Waals surface area contributed by atoms with E-state index >= 15 is 0 Å². The predicted octanol–water partition coefficient (Wildman–Crippen LogP) is 3.53. The topological polar surface area (TPSA) is 49.7 Å². The van der Waals surface area contributed by atoms with Crippen molar-refractivity contribution in [2.24, 2.45) is 11.8 Å². The molecule has 1 aliphatic rings. The number of benzene rings is 2. The lowest BCUT2D eigenvalue weighted by Crippen LogP contribution is -2.43. The Morgan fingerprint density at radius 3 is 2.32 bits per heavy atom. The molecule has 0 saturated heterocycles. The van der Waals surface area contributed by atoms with Gasteiger partial charge in [0.1, 0.15) is 0 Å². The van der Waals surface area contributed by atoms with Gasteiger partial charge in [-0.05, 0) is 46.9 Å². The van der Waals surface area contributed by atoms with Gasteiger partial charge in [-0.1, -0.05) is 43.3 Å². The molecule has 116 valence electrons. The number of aromatic hydroxyl groups is 1. The van der Waals surface area contributed by atoms with E-state index in [4.69, 9.17) is 4.74 Å². The molecular weight excluding hydrogens is 276 g/mol. The lowest BCUT2D eigenvalue weighted by atomic mass is 9.53. The molecule has 0 spiro atoms. The van der Waals surface area contributed by atoms with E-state index in [2.05, 4.69) is 19.1 Å². The summed E-state index contributed by atoms with van der Waals surface area (Å²) < 4.78 is 5.21. The summed E-state index contributed by atoms with van der Waals surface area (Å²) in [6, 6.07) is 15.9. The van der Waals surface area contributed by atoms with Crippen molar-refractivity contribution in [3.63, 3.8) is 0 Å². The molecule has 1 unspecified atom stereocenters. The summed E-state index contributed by atoms with van der Waals surface area (Å²) in [6.45, 7) is 2.39. The third kappa shape index (κ3) is 2.35. The minimum atomic E-state index is 0.151. The second-order valence-corrected chi connectivity index (χ2v) is 6.10. The molecule has 2 aromatic carbocycles. The van der Waals surface area contributed by atoms with E-state index in [1.165, 1.54) is 5.56 Å². The average molecular weight is 298 g/mol. The zero-order valence-electron chi connectivity index (χ0n) is 12.9. The fourth-order valence-electron chi connectivity index (χ4n) is 3.99. The van der Waals surface area contributed by atoms with Gasteiger partial charge in [0.25, 0.3) is 0 Å². The molecule has 0 radical (unpaired) electrons. The van der Waals surface area contributed by atoms with Gasteiger partial charge < -0.3 is 14.9 Å². The molecule has 1 aliphatic carbocycles. The number of methoxy groups -OCH3 is 1. The molecule has 0 heterocycles. The first-order valence-electron chi connectivity index (χ1n) is 7.70. The number of phenolic OH excluding ortho intramolecular Hbond substituents is 1.